The molecule has 3 nitrogen and oxygen atoms in total. The van der Waals surface area contributed by atoms with Crippen molar-refractivity contribution in [2.75, 3.05) is 18.4 Å². The number of para-hydroxylation sites is 1. The zero-order valence-corrected chi connectivity index (χ0v) is 8.70. The van der Waals surface area contributed by atoms with Crippen LogP contribution in [-0.2, 0) is 4.79 Å². The van der Waals surface area contributed by atoms with Crippen LogP contribution in [0.2, 0.25) is 0 Å². The lowest BCUT2D eigenvalue weighted by molar-refractivity contribution is -0.109. The number of carbonyl (C=O) groups excluding carboxylic acids is 1. The Morgan fingerprint density at radius 2 is 2.33 bits per heavy atom. The van der Waals surface area contributed by atoms with Crippen molar-refractivity contribution in [3.05, 3.63) is 29.8 Å². The molecule has 1 aromatic carbocycles. The van der Waals surface area contributed by atoms with Crippen LogP contribution in [0.4, 0.5) is 5.69 Å². The van der Waals surface area contributed by atoms with Crippen LogP contribution in [0.3, 0.4) is 0 Å². The molecule has 2 rings (SSSR count). The van der Waals surface area contributed by atoms with Crippen LogP contribution >= 0.6 is 0 Å². The normalized spacial score (nSPS) is 18.8. The molecule has 15 heavy (non-hydrogen) atoms. The molecule has 1 unspecified atom stereocenters. The fourth-order valence-electron chi connectivity index (χ4n) is 2.17. The van der Waals surface area contributed by atoms with Gasteiger partial charge in [0.05, 0.1) is 0 Å². The van der Waals surface area contributed by atoms with Gasteiger partial charge in [-0.1, -0.05) is 18.2 Å². The molecule has 1 aliphatic rings. The Hall–Kier alpha value is -1.51. The summed E-state index contributed by atoms with van der Waals surface area (Å²) in [6.45, 7) is 1.80. The van der Waals surface area contributed by atoms with Crippen molar-refractivity contribution in [2.24, 2.45) is 0 Å². The number of anilines is 1. The molecule has 0 fully saturated rings. The largest absolute Gasteiger partial charge is 0.385 e. The van der Waals surface area contributed by atoms with Gasteiger partial charge in [-0.15, -0.1) is 0 Å². The Morgan fingerprint density at radius 1 is 1.47 bits per heavy atom. The van der Waals surface area contributed by atoms with E-state index in [2.05, 4.69) is 34.9 Å². The van der Waals surface area contributed by atoms with Gasteiger partial charge in [-0.25, -0.2) is 0 Å². The first kappa shape index (κ1) is 10.0. The van der Waals surface area contributed by atoms with Gasteiger partial charge < -0.3 is 10.6 Å². The second kappa shape index (κ2) is 4.82. The predicted molar refractivity (Wildman–Crippen MR) is 61.0 cm³/mol. The number of hydrogen-bond donors (Lipinski definition) is 2. The van der Waals surface area contributed by atoms with E-state index in [9.17, 15) is 4.79 Å². The summed E-state index contributed by atoms with van der Waals surface area (Å²) < 4.78 is 0. The second-order valence-electron chi connectivity index (χ2n) is 3.86. The number of hydrogen-bond acceptors (Lipinski definition) is 2. The molecule has 80 valence electrons. The molecule has 1 aliphatic heterocycles. The number of fused-ring (bicyclic) bond motifs is 1. The molecule has 0 spiro atoms. The van der Waals surface area contributed by atoms with Crippen LogP contribution in [0.25, 0.3) is 0 Å². The van der Waals surface area contributed by atoms with Crippen molar-refractivity contribution in [1.82, 2.24) is 5.32 Å². The van der Waals surface area contributed by atoms with Crippen LogP contribution in [0.15, 0.2) is 24.3 Å². The van der Waals surface area contributed by atoms with E-state index in [1.807, 2.05) is 0 Å². The number of benzene rings is 1. The maximum atomic E-state index is 10.2. The zero-order valence-electron chi connectivity index (χ0n) is 8.70. The van der Waals surface area contributed by atoms with Gasteiger partial charge in [0.15, 0.2) is 0 Å². The Labute approximate surface area is 89.9 Å². The Balaban J connectivity index is 2.05. The smallest absolute Gasteiger partial charge is 0.207 e. The average Bonchev–Trinajstić information content (AvgIpc) is 2.30. The van der Waals surface area contributed by atoms with Gasteiger partial charge in [0, 0.05) is 18.8 Å². The SMILES string of the molecule is O=CNCCC1CCNc2ccccc21. The predicted octanol–water partition coefficient (Wildman–Crippen LogP) is 1.72. The van der Waals surface area contributed by atoms with Crippen molar-refractivity contribution >= 4 is 12.1 Å². The minimum atomic E-state index is 0.579. The first-order chi connectivity index (χ1) is 7.42. The summed E-state index contributed by atoms with van der Waals surface area (Å²) in [4.78, 5) is 10.2. The third-order valence-electron chi connectivity index (χ3n) is 2.93. The van der Waals surface area contributed by atoms with Crippen molar-refractivity contribution in [2.45, 2.75) is 18.8 Å². The Kier molecular flexibility index (Phi) is 3.22. The first-order valence-electron chi connectivity index (χ1n) is 5.41. The van der Waals surface area contributed by atoms with E-state index in [0.717, 1.165) is 32.3 Å². The highest BCUT2D eigenvalue weighted by molar-refractivity contribution is 5.54. The van der Waals surface area contributed by atoms with Crippen LogP contribution < -0.4 is 10.6 Å². The lowest BCUT2D eigenvalue weighted by Crippen LogP contribution is -2.21. The summed E-state index contributed by atoms with van der Waals surface area (Å²) in [6.07, 6.45) is 2.95. The maximum Gasteiger partial charge on any atom is 0.207 e. The van der Waals surface area contributed by atoms with Gasteiger partial charge in [-0.3, -0.25) is 4.79 Å². The standard InChI is InChI=1S/C12H16N2O/c15-9-13-7-5-10-6-8-14-12-4-2-1-3-11(10)12/h1-4,9-10,14H,5-8H2,(H,13,15). The van der Waals surface area contributed by atoms with Crippen LogP contribution in [0.1, 0.15) is 24.3 Å². The number of amides is 1. The lowest BCUT2D eigenvalue weighted by Gasteiger charge is -2.26. The topological polar surface area (TPSA) is 41.1 Å². The van der Waals surface area contributed by atoms with Gasteiger partial charge >= 0.3 is 0 Å². The van der Waals surface area contributed by atoms with E-state index < -0.39 is 0 Å². The molecular weight excluding hydrogens is 188 g/mol. The zero-order chi connectivity index (χ0) is 10.5. The fraction of sp³-hybridized carbons (Fsp3) is 0.417. The minimum Gasteiger partial charge on any atom is -0.385 e. The van der Waals surface area contributed by atoms with E-state index in [-0.39, 0.29) is 0 Å². The summed E-state index contributed by atoms with van der Waals surface area (Å²) in [5.41, 5.74) is 2.64. The summed E-state index contributed by atoms with van der Waals surface area (Å²) >= 11 is 0. The van der Waals surface area contributed by atoms with E-state index >= 15 is 0 Å². The van der Waals surface area contributed by atoms with Gasteiger partial charge in [0.2, 0.25) is 6.41 Å². The van der Waals surface area contributed by atoms with Crippen molar-refractivity contribution < 1.29 is 4.79 Å². The Morgan fingerprint density at radius 3 is 3.20 bits per heavy atom. The van der Waals surface area contributed by atoms with Crippen LogP contribution in [0.5, 0.6) is 0 Å². The maximum absolute atomic E-state index is 10.2. The quantitative estimate of drug-likeness (QED) is 0.579. The lowest BCUT2D eigenvalue weighted by atomic mass is 9.88. The molecule has 0 aliphatic carbocycles. The fourth-order valence-corrected chi connectivity index (χ4v) is 2.17. The summed E-state index contributed by atoms with van der Waals surface area (Å²) in [5, 5.41) is 6.12. The number of rotatable bonds is 4. The minimum absolute atomic E-state index is 0.579. The molecule has 1 amide bonds. The number of nitrogens with one attached hydrogen (secondary N) is 2. The molecule has 1 aromatic rings. The highest BCUT2D eigenvalue weighted by atomic mass is 16.1. The first-order valence-corrected chi connectivity index (χ1v) is 5.41. The Bertz CT molecular complexity index is 338. The molecule has 0 bridgehead atoms. The monoisotopic (exact) mass is 204 g/mol. The average molecular weight is 204 g/mol. The molecule has 1 heterocycles. The molecule has 3 heteroatoms. The molecule has 2 N–H and O–H groups in total. The van der Waals surface area contributed by atoms with Gasteiger partial charge in [-0.05, 0) is 30.4 Å². The summed E-state index contributed by atoms with van der Waals surface area (Å²) in [6, 6.07) is 8.42. The highest BCUT2D eigenvalue weighted by Crippen LogP contribution is 2.32. The molecular formula is C12H16N2O. The summed E-state index contributed by atoms with van der Waals surface area (Å²) in [5.74, 6) is 0.579. The third kappa shape index (κ3) is 2.29. The molecule has 0 saturated heterocycles. The number of carbonyl (C=O) groups is 1. The van der Waals surface area contributed by atoms with Crippen molar-refractivity contribution in [1.29, 1.82) is 0 Å². The van der Waals surface area contributed by atoms with Crippen molar-refractivity contribution in [3.8, 4) is 0 Å². The van der Waals surface area contributed by atoms with Crippen LogP contribution in [0, 0.1) is 0 Å². The molecule has 0 saturated carbocycles. The van der Waals surface area contributed by atoms with Crippen molar-refractivity contribution in [3.63, 3.8) is 0 Å². The van der Waals surface area contributed by atoms with Crippen LogP contribution in [-0.4, -0.2) is 19.5 Å². The van der Waals surface area contributed by atoms with Gasteiger partial charge in [0.1, 0.15) is 0 Å². The van der Waals surface area contributed by atoms with E-state index in [1.165, 1.54) is 11.3 Å². The molecule has 0 radical (unpaired) electrons. The molecule has 0 aromatic heterocycles. The van der Waals surface area contributed by atoms with E-state index in [0.29, 0.717) is 5.92 Å². The van der Waals surface area contributed by atoms with E-state index in [4.69, 9.17) is 0 Å². The summed E-state index contributed by atoms with van der Waals surface area (Å²) in [7, 11) is 0. The third-order valence-corrected chi connectivity index (χ3v) is 2.93. The highest BCUT2D eigenvalue weighted by Gasteiger charge is 2.18. The second-order valence-corrected chi connectivity index (χ2v) is 3.86. The van der Waals surface area contributed by atoms with E-state index in [1.54, 1.807) is 0 Å². The molecule has 1 atom stereocenters. The van der Waals surface area contributed by atoms with Gasteiger partial charge in [-0.2, -0.15) is 0 Å². The van der Waals surface area contributed by atoms with Gasteiger partial charge in [0.25, 0.3) is 0 Å².